The number of hydrazone groups is 1. The molecule has 1 amide bonds. The molecule has 2 aromatic carbocycles. The van der Waals surface area contributed by atoms with E-state index in [1.165, 1.54) is 5.01 Å². The van der Waals surface area contributed by atoms with Gasteiger partial charge in [0.15, 0.2) is 6.61 Å². The van der Waals surface area contributed by atoms with Crippen LogP contribution in [0.2, 0.25) is 5.02 Å². The Labute approximate surface area is 182 Å². The van der Waals surface area contributed by atoms with Gasteiger partial charge in [-0.05, 0) is 35.9 Å². The summed E-state index contributed by atoms with van der Waals surface area (Å²) < 4.78 is 11.3. The van der Waals surface area contributed by atoms with Crippen LogP contribution >= 0.6 is 11.6 Å². The predicted octanol–water partition coefficient (Wildman–Crippen LogP) is 4.63. The average Bonchev–Trinajstić information content (AvgIpc) is 3.48. The van der Waals surface area contributed by atoms with Crippen molar-refractivity contribution in [1.29, 1.82) is 0 Å². The molecule has 0 bridgehead atoms. The Balaban J connectivity index is 1.39. The lowest BCUT2D eigenvalue weighted by molar-refractivity contribution is -0.135. The number of fused-ring (bicyclic) bond motifs is 1. The van der Waals surface area contributed by atoms with Gasteiger partial charge in [-0.25, -0.2) is 5.01 Å². The molecule has 0 unspecified atom stereocenters. The zero-order valence-corrected chi connectivity index (χ0v) is 17.1. The fourth-order valence-corrected chi connectivity index (χ4v) is 3.69. The van der Waals surface area contributed by atoms with Crippen molar-refractivity contribution in [3.8, 4) is 5.88 Å². The van der Waals surface area contributed by atoms with Crippen molar-refractivity contribution in [3.63, 3.8) is 0 Å². The molecule has 31 heavy (non-hydrogen) atoms. The Kier molecular flexibility index (Phi) is 5.09. The number of amides is 1. The second-order valence-corrected chi connectivity index (χ2v) is 7.49. The summed E-state index contributed by atoms with van der Waals surface area (Å²) in [6.07, 6.45) is 3.76. The molecule has 0 saturated carbocycles. The molecular formula is C23H17ClN4O3. The molecule has 5 rings (SSSR count). The highest BCUT2D eigenvalue weighted by Crippen LogP contribution is 2.33. The van der Waals surface area contributed by atoms with E-state index in [0.717, 1.165) is 22.0 Å². The van der Waals surface area contributed by atoms with Crippen molar-refractivity contribution in [2.75, 3.05) is 6.61 Å². The maximum atomic E-state index is 13.1. The van der Waals surface area contributed by atoms with Gasteiger partial charge >= 0.3 is 0 Å². The monoisotopic (exact) mass is 432 g/mol. The molecule has 3 heterocycles. The second kappa shape index (κ2) is 8.20. The van der Waals surface area contributed by atoms with Gasteiger partial charge in [0.25, 0.3) is 5.91 Å². The standard InChI is InChI=1S/C23H17ClN4O3/c24-17-9-7-15(8-10-17)19-12-20(21-6-3-11-30-21)28(27-19)22(29)14-31-23-18-5-2-1-4-16(18)13-25-26-23/h1-11,13,20H,12,14H2/t20-/m1/s1. The van der Waals surface area contributed by atoms with Crippen LogP contribution in [-0.2, 0) is 4.79 Å². The Bertz CT molecular complexity index is 1250. The molecule has 8 heteroatoms. The van der Waals surface area contributed by atoms with Crippen LogP contribution in [0.25, 0.3) is 10.8 Å². The van der Waals surface area contributed by atoms with Crippen LogP contribution < -0.4 is 4.74 Å². The van der Waals surface area contributed by atoms with E-state index < -0.39 is 0 Å². The molecule has 0 aliphatic carbocycles. The van der Waals surface area contributed by atoms with Gasteiger partial charge < -0.3 is 9.15 Å². The summed E-state index contributed by atoms with van der Waals surface area (Å²) in [5, 5.41) is 16.3. The Hall–Kier alpha value is -3.71. The Morgan fingerprint density at radius 1 is 1.13 bits per heavy atom. The number of carbonyl (C=O) groups is 1. The molecule has 0 saturated heterocycles. The normalized spacial score (nSPS) is 15.8. The van der Waals surface area contributed by atoms with Crippen molar-refractivity contribution in [2.45, 2.75) is 12.5 Å². The molecule has 2 aromatic heterocycles. The summed E-state index contributed by atoms with van der Waals surface area (Å²) in [4.78, 5) is 13.1. The minimum absolute atomic E-state index is 0.225. The van der Waals surface area contributed by atoms with Gasteiger partial charge in [0, 0.05) is 22.2 Å². The summed E-state index contributed by atoms with van der Waals surface area (Å²) in [6.45, 7) is -0.225. The van der Waals surface area contributed by atoms with Crippen molar-refractivity contribution >= 4 is 34.0 Å². The third-order valence-electron chi connectivity index (χ3n) is 5.08. The second-order valence-electron chi connectivity index (χ2n) is 7.05. The fraction of sp³-hybridized carbons (Fsp3) is 0.130. The van der Waals surface area contributed by atoms with Gasteiger partial charge in [-0.1, -0.05) is 41.9 Å². The zero-order chi connectivity index (χ0) is 21.2. The molecule has 0 radical (unpaired) electrons. The zero-order valence-electron chi connectivity index (χ0n) is 16.3. The molecule has 0 fully saturated rings. The van der Waals surface area contributed by atoms with Crippen molar-refractivity contribution in [2.24, 2.45) is 5.10 Å². The molecule has 1 aliphatic heterocycles. The van der Waals surface area contributed by atoms with Crippen LogP contribution in [0.4, 0.5) is 0 Å². The van der Waals surface area contributed by atoms with E-state index in [1.807, 2.05) is 42.5 Å². The van der Waals surface area contributed by atoms with Crippen LogP contribution in [0, 0.1) is 0 Å². The molecule has 154 valence electrons. The van der Waals surface area contributed by atoms with E-state index in [0.29, 0.717) is 23.1 Å². The number of halogens is 1. The van der Waals surface area contributed by atoms with E-state index >= 15 is 0 Å². The first-order valence-corrected chi connectivity index (χ1v) is 10.1. The first kappa shape index (κ1) is 19.3. The number of nitrogens with zero attached hydrogens (tertiary/aromatic N) is 4. The van der Waals surface area contributed by atoms with E-state index in [4.69, 9.17) is 20.8 Å². The van der Waals surface area contributed by atoms with Gasteiger partial charge in [-0.15, -0.1) is 5.10 Å². The quantitative estimate of drug-likeness (QED) is 0.459. The van der Waals surface area contributed by atoms with Crippen LogP contribution in [0.15, 0.2) is 82.6 Å². The highest BCUT2D eigenvalue weighted by Gasteiger charge is 2.35. The van der Waals surface area contributed by atoms with Gasteiger partial charge in [0.05, 0.1) is 18.2 Å². The van der Waals surface area contributed by atoms with Crippen LogP contribution in [-0.4, -0.2) is 33.4 Å². The number of aromatic nitrogens is 2. The third kappa shape index (κ3) is 3.87. The third-order valence-corrected chi connectivity index (χ3v) is 5.34. The number of benzene rings is 2. The molecule has 1 aliphatic rings. The van der Waals surface area contributed by atoms with Crippen molar-refractivity contribution < 1.29 is 13.9 Å². The minimum atomic E-state index is -0.352. The summed E-state index contributed by atoms with van der Waals surface area (Å²) in [7, 11) is 0. The maximum Gasteiger partial charge on any atom is 0.281 e. The van der Waals surface area contributed by atoms with Crippen LogP contribution in [0.3, 0.4) is 0 Å². The highest BCUT2D eigenvalue weighted by atomic mass is 35.5. The lowest BCUT2D eigenvalue weighted by atomic mass is 10.0. The van der Waals surface area contributed by atoms with Crippen molar-refractivity contribution in [3.05, 3.63) is 89.5 Å². The number of rotatable bonds is 5. The first-order valence-electron chi connectivity index (χ1n) is 9.71. The summed E-state index contributed by atoms with van der Waals surface area (Å²) >= 11 is 6.00. The average molecular weight is 433 g/mol. The summed E-state index contributed by atoms with van der Waals surface area (Å²) in [6, 6.07) is 18.2. The van der Waals surface area contributed by atoms with Gasteiger partial charge in [0.1, 0.15) is 11.8 Å². The number of ether oxygens (including phenoxy) is 1. The summed E-state index contributed by atoms with van der Waals surface area (Å²) in [5.74, 6) is 0.660. The van der Waals surface area contributed by atoms with Gasteiger partial charge in [-0.3, -0.25) is 4.79 Å². The number of hydrogen-bond acceptors (Lipinski definition) is 6. The van der Waals surface area contributed by atoms with Crippen molar-refractivity contribution in [1.82, 2.24) is 15.2 Å². The molecule has 0 spiro atoms. The Morgan fingerprint density at radius 3 is 2.77 bits per heavy atom. The maximum absolute atomic E-state index is 13.1. The SMILES string of the molecule is O=C(COc1nncc2ccccc12)N1N=C(c2ccc(Cl)cc2)C[C@@H]1c1ccco1. The predicted molar refractivity (Wildman–Crippen MR) is 116 cm³/mol. The first-order chi connectivity index (χ1) is 15.2. The molecular weight excluding hydrogens is 416 g/mol. The van der Waals surface area contributed by atoms with Gasteiger partial charge in [0.2, 0.25) is 5.88 Å². The highest BCUT2D eigenvalue weighted by molar-refractivity contribution is 6.30. The van der Waals surface area contributed by atoms with Crippen LogP contribution in [0.5, 0.6) is 5.88 Å². The topological polar surface area (TPSA) is 80.8 Å². The molecule has 7 nitrogen and oxygen atoms in total. The smallest absolute Gasteiger partial charge is 0.281 e. The Morgan fingerprint density at radius 2 is 1.97 bits per heavy atom. The van der Waals surface area contributed by atoms with E-state index in [1.54, 1.807) is 30.7 Å². The largest absolute Gasteiger partial charge is 0.467 e. The van der Waals surface area contributed by atoms with E-state index in [-0.39, 0.29) is 18.6 Å². The lowest BCUT2D eigenvalue weighted by Gasteiger charge is -2.19. The number of hydrogen-bond donors (Lipinski definition) is 0. The number of carbonyl (C=O) groups excluding carboxylic acids is 1. The molecule has 1 atom stereocenters. The molecule has 4 aromatic rings. The van der Waals surface area contributed by atoms with Gasteiger partial charge in [-0.2, -0.15) is 10.2 Å². The van der Waals surface area contributed by atoms with E-state index in [9.17, 15) is 4.79 Å². The summed E-state index contributed by atoms with van der Waals surface area (Å²) in [5.41, 5.74) is 1.67. The lowest BCUT2D eigenvalue weighted by Crippen LogP contribution is -2.31. The minimum Gasteiger partial charge on any atom is -0.467 e. The molecule has 0 N–H and O–H groups in total. The number of furan rings is 1. The van der Waals surface area contributed by atoms with E-state index in [2.05, 4.69) is 15.3 Å². The fourth-order valence-electron chi connectivity index (χ4n) is 3.56. The van der Waals surface area contributed by atoms with Crippen LogP contribution in [0.1, 0.15) is 23.8 Å².